The van der Waals surface area contributed by atoms with Crippen LogP contribution in [0.15, 0.2) is 29.2 Å². The van der Waals surface area contributed by atoms with Gasteiger partial charge in [-0.3, -0.25) is 9.52 Å². The zero-order chi connectivity index (χ0) is 20.2. The van der Waals surface area contributed by atoms with Crippen LogP contribution in [0, 0.1) is 30.1 Å². The number of hydrogen-bond acceptors (Lipinski definition) is 6. The molecule has 4 bridgehead atoms. The summed E-state index contributed by atoms with van der Waals surface area (Å²) in [6, 6.07) is 6.31. The van der Waals surface area contributed by atoms with Crippen molar-refractivity contribution in [1.82, 2.24) is 10.2 Å². The molecule has 154 valence electrons. The van der Waals surface area contributed by atoms with Gasteiger partial charge in [-0.15, -0.1) is 10.2 Å². The van der Waals surface area contributed by atoms with Gasteiger partial charge in [-0.1, -0.05) is 11.3 Å². The van der Waals surface area contributed by atoms with Crippen molar-refractivity contribution in [2.24, 2.45) is 23.2 Å². The predicted octanol–water partition coefficient (Wildman–Crippen LogP) is 3.80. The molecule has 29 heavy (non-hydrogen) atoms. The fourth-order valence-electron chi connectivity index (χ4n) is 5.88. The van der Waals surface area contributed by atoms with Gasteiger partial charge >= 0.3 is 0 Å². The Kier molecular flexibility index (Phi) is 4.43. The quantitative estimate of drug-likeness (QED) is 0.748. The number of aromatic nitrogens is 2. The normalized spacial score (nSPS) is 30.3. The number of carbonyl (C=O) groups is 1. The number of rotatable bonds is 5. The number of amides is 1. The molecule has 1 amide bonds. The number of benzene rings is 1. The molecule has 4 aliphatic rings. The van der Waals surface area contributed by atoms with Gasteiger partial charge in [-0.05, 0) is 87.5 Å². The van der Waals surface area contributed by atoms with E-state index in [4.69, 9.17) is 0 Å². The predicted molar refractivity (Wildman–Crippen MR) is 111 cm³/mol. The van der Waals surface area contributed by atoms with Gasteiger partial charge in [0.2, 0.25) is 11.0 Å². The highest BCUT2D eigenvalue weighted by molar-refractivity contribution is 7.93. The maximum atomic E-state index is 13.1. The molecule has 0 unspecified atom stereocenters. The van der Waals surface area contributed by atoms with Crippen LogP contribution in [-0.2, 0) is 14.8 Å². The molecule has 0 saturated heterocycles. The molecule has 6 rings (SSSR count). The first-order valence-corrected chi connectivity index (χ1v) is 12.4. The Balaban J connectivity index is 1.29. The first kappa shape index (κ1) is 19.0. The molecule has 1 heterocycles. The van der Waals surface area contributed by atoms with E-state index >= 15 is 0 Å². The maximum Gasteiger partial charge on any atom is 0.263 e. The van der Waals surface area contributed by atoms with Crippen molar-refractivity contribution < 1.29 is 13.2 Å². The summed E-state index contributed by atoms with van der Waals surface area (Å²) < 4.78 is 27.5. The van der Waals surface area contributed by atoms with Crippen LogP contribution >= 0.6 is 11.3 Å². The van der Waals surface area contributed by atoms with Crippen molar-refractivity contribution >= 4 is 38.1 Å². The largest absolute Gasteiger partial charge is 0.326 e. The molecule has 1 aromatic heterocycles. The summed E-state index contributed by atoms with van der Waals surface area (Å²) in [6.45, 7) is 1.76. The number of nitrogens with zero attached hydrogens (tertiary/aromatic N) is 2. The summed E-state index contributed by atoms with van der Waals surface area (Å²) in [5, 5.41) is 11.6. The van der Waals surface area contributed by atoms with Crippen LogP contribution < -0.4 is 10.0 Å². The molecule has 0 spiro atoms. The van der Waals surface area contributed by atoms with Gasteiger partial charge in [0, 0.05) is 5.69 Å². The summed E-state index contributed by atoms with van der Waals surface area (Å²) in [4.78, 5) is 13.3. The zero-order valence-electron chi connectivity index (χ0n) is 16.2. The minimum absolute atomic E-state index is 0.106. The van der Waals surface area contributed by atoms with E-state index < -0.39 is 10.0 Å². The average molecular weight is 433 g/mol. The smallest absolute Gasteiger partial charge is 0.263 e. The van der Waals surface area contributed by atoms with E-state index in [2.05, 4.69) is 20.2 Å². The van der Waals surface area contributed by atoms with E-state index in [1.165, 1.54) is 42.7 Å². The maximum absolute atomic E-state index is 13.1. The Morgan fingerprint density at radius 3 is 2.14 bits per heavy atom. The summed E-state index contributed by atoms with van der Waals surface area (Å²) in [5.74, 6) is 2.22. The third-order valence-electron chi connectivity index (χ3n) is 6.69. The van der Waals surface area contributed by atoms with E-state index in [0.29, 0.717) is 28.4 Å². The molecule has 2 N–H and O–H groups in total. The Morgan fingerprint density at radius 2 is 1.62 bits per heavy atom. The van der Waals surface area contributed by atoms with Gasteiger partial charge in [0.05, 0.1) is 10.3 Å². The Labute approximate surface area is 174 Å². The molecular weight excluding hydrogens is 408 g/mol. The Morgan fingerprint density at radius 1 is 1.03 bits per heavy atom. The van der Waals surface area contributed by atoms with Gasteiger partial charge in [-0.25, -0.2) is 8.42 Å². The van der Waals surface area contributed by atoms with Crippen LogP contribution in [0.3, 0.4) is 0 Å². The lowest BCUT2D eigenvalue weighted by Crippen LogP contribution is -2.51. The molecule has 4 saturated carbocycles. The highest BCUT2D eigenvalue weighted by Crippen LogP contribution is 2.60. The summed E-state index contributed by atoms with van der Waals surface area (Å²) in [5.41, 5.74) is 0.410. The molecule has 7 nitrogen and oxygen atoms in total. The number of sulfonamides is 1. The van der Waals surface area contributed by atoms with Crippen molar-refractivity contribution in [3.05, 3.63) is 29.3 Å². The van der Waals surface area contributed by atoms with Gasteiger partial charge in [0.25, 0.3) is 10.0 Å². The van der Waals surface area contributed by atoms with E-state index in [1.54, 1.807) is 19.1 Å². The first-order chi connectivity index (χ1) is 13.8. The van der Waals surface area contributed by atoms with Gasteiger partial charge in [0.15, 0.2) is 0 Å². The van der Waals surface area contributed by atoms with Crippen LogP contribution in [0.5, 0.6) is 0 Å². The second-order valence-corrected chi connectivity index (χ2v) is 11.8. The molecule has 0 aliphatic heterocycles. The van der Waals surface area contributed by atoms with Crippen molar-refractivity contribution in [2.45, 2.75) is 50.3 Å². The van der Waals surface area contributed by atoms with E-state index in [-0.39, 0.29) is 21.3 Å². The molecule has 2 aromatic rings. The zero-order valence-corrected chi connectivity index (χ0v) is 17.9. The lowest BCUT2D eigenvalue weighted by molar-refractivity contribution is -0.140. The third-order valence-corrected chi connectivity index (χ3v) is 8.93. The fraction of sp³-hybridized carbons (Fsp3) is 0.550. The molecule has 1 aromatic carbocycles. The molecular formula is C20H24N4O3S2. The first-order valence-electron chi connectivity index (χ1n) is 10.1. The van der Waals surface area contributed by atoms with Gasteiger partial charge in [-0.2, -0.15) is 0 Å². The highest BCUT2D eigenvalue weighted by atomic mass is 32.2. The second-order valence-electron chi connectivity index (χ2n) is 8.91. The van der Waals surface area contributed by atoms with Gasteiger partial charge < -0.3 is 5.32 Å². The SMILES string of the molecule is Cc1nnc(NS(=O)(=O)c2ccc(NC(=O)C34CC5CC(CC(C5)C3)C4)cc2)s1. The summed E-state index contributed by atoms with van der Waals surface area (Å²) in [6.07, 6.45) is 6.88. The number of aryl methyl sites for hydroxylation is 1. The van der Waals surface area contributed by atoms with Crippen molar-refractivity contribution in [3.8, 4) is 0 Å². The summed E-state index contributed by atoms with van der Waals surface area (Å²) >= 11 is 1.18. The van der Waals surface area contributed by atoms with Crippen molar-refractivity contribution in [2.75, 3.05) is 10.0 Å². The standard InChI is InChI=1S/C20H24N4O3S2/c1-12-22-23-19(28-12)24-29(26,27)17-4-2-16(3-5-17)21-18(25)20-9-13-6-14(10-20)8-15(7-13)11-20/h2-5,13-15H,6-11H2,1H3,(H,21,25)(H,23,24). The monoisotopic (exact) mass is 432 g/mol. The minimum Gasteiger partial charge on any atom is -0.326 e. The van der Waals surface area contributed by atoms with Crippen LogP contribution in [0.25, 0.3) is 0 Å². The topological polar surface area (TPSA) is 101 Å². The lowest BCUT2D eigenvalue weighted by atomic mass is 9.49. The van der Waals surface area contributed by atoms with Crippen LogP contribution in [0.1, 0.15) is 43.5 Å². The second kappa shape index (κ2) is 6.77. The fourth-order valence-corrected chi connectivity index (χ4v) is 7.70. The van der Waals surface area contributed by atoms with Crippen LogP contribution in [-0.4, -0.2) is 24.5 Å². The number of hydrogen-bond donors (Lipinski definition) is 2. The van der Waals surface area contributed by atoms with Crippen molar-refractivity contribution in [1.29, 1.82) is 0 Å². The molecule has 0 radical (unpaired) electrons. The van der Waals surface area contributed by atoms with E-state index in [9.17, 15) is 13.2 Å². The Bertz CT molecular complexity index is 1010. The molecule has 4 aliphatic carbocycles. The lowest BCUT2D eigenvalue weighted by Gasteiger charge is -2.55. The van der Waals surface area contributed by atoms with Gasteiger partial charge in [0.1, 0.15) is 5.01 Å². The highest BCUT2D eigenvalue weighted by Gasteiger charge is 2.54. The summed E-state index contributed by atoms with van der Waals surface area (Å²) in [7, 11) is -3.74. The molecule has 9 heteroatoms. The number of carbonyl (C=O) groups excluding carboxylic acids is 1. The third kappa shape index (κ3) is 3.54. The Hall–Kier alpha value is -2.00. The van der Waals surface area contributed by atoms with Crippen LogP contribution in [0.2, 0.25) is 0 Å². The number of anilines is 2. The minimum atomic E-state index is -3.74. The van der Waals surface area contributed by atoms with E-state index in [0.717, 1.165) is 19.3 Å². The molecule has 0 atom stereocenters. The van der Waals surface area contributed by atoms with E-state index in [1.807, 2.05) is 0 Å². The van der Waals surface area contributed by atoms with Crippen LogP contribution in [0.4, 0.5) is 10.8 Å². The number of nitrogens with one attached hydrogen (secondary N) is 2. The molecule has 4 fully saturated rings. The average Bonchev–Trinajstić information content (AvgIpc) is 3.05. The van der Waals surface area contributed by atoms with Crippen molar-refractivity contribution in [3.63, 3.8) is 0 Å².